The van der Waals surface area contributed by atoms with Crippen LogP contribution in [0.2, 0.25) is 4.34 Å². The van der Waals surface area contributed by atoms with E-state index in [1.807, 2.05) is 6.07 Å². The second-order valence-corrected chi connectivity index (χ2v) is 6.43. The number of hydrogen-bond donors (Lipinski definition) is 0. The highest BCUT2D eigenvalue weighted by molar-refractivity contribution is 7.19. The van der Waals surface area contributed by atoms with Gasteiger partial charge < -0.3 is 13.7 Å². The van der Waals surface area contributed by atoms with E-state index in [9.17, 15) is 4.79 Å². The summed E-state index contributed by atoms with van der Waals surface area (Å²) in [6, 6.07) is 5.29. The molecule has 0 aliphatic heterocycles. The highest BCUT2D eigenvalue weighted by Gasteiger charge is 2.22. The Hall–Kier alpha value is -2.12. The van der Waals surface area contributed by atoms with Gasteiger partial charge in [-0.1, -0.05) is 16.8 Å². The summed E-state index contributed by atoms with van der Waals surface area (Å²) in [4.78, 5) is 16.9. The molecule has 0 N–H and O–H groups in total. The van der Waals surface area contributed by atoms with Crippen LogP contribution in [0.25, 0.3) is 22.3 Å². The van der Waals surface area contributed by atoms with E-state index in [2.05, 4.69) is 10.1 Å². The number of carbonyl (C=O) groups is 1. The van der Waals surface area contributed by atoms with E-state index in [0.717, 1.165) is 4.88 Å². The Kier molecular flexibility index (Phi) is 4.49. The molecule has 0 bridgehead atoms. The molecule has 0 spiro atoms. The van der Waals surface area contributed by atoms with E-state index >= 15 is 0 Å². The molecule has 0 fully saturated rings. The first-order chi connectivity index (χ1) is 11.1. The molecule has 3 rings (SSSR count). The smallest absolute Gasteiger partial charge is 0.312 e. The minimum absolute atomic E-state index is 0.00924. The predicted molar refractivity (Wildman–Crippen MR) is 85.4 cm³/mol. The number of oxazole rings is 1. The first-order valence-corrected chi connectivity index (χ1v) is 8.11. The van der Waals surface area contributed by atoms with Gasteiger partial charge in [0.1, 0.15) is 0 Å². The molecule has 8 heteroatoms. The number of carbonyl (C=O) groups excluding carboxylic acids is 1. The second kappa shape index (κ2) is 6.55. The van der Waals surface area contributed by atoms with Gasteiger partial charge in [0.2, 0.25) is 5.76 Å². The van der Waals surface area contributed by atoms with Crippen molar-refractivity contribution in [1.29, 1.82) is 0 Å². The molecule has 3 aromatic rings. The number of aromatic nitrogens is 2. The summed E-state index contributed by atoms with van der Waals surface area (Å²) in [6.07, 6.45) is 0.00924. The fraction of sp³-hybridized carbons (Fsp3) is 0.267. The molecular formula is C15H13ClN2O4S. The molecule has 23 heavy (non-hydrogen) atoms. The molecule has 120 valence electrons. The average Bonchev–Trinajstić information content (AvgIpc) is 3.19. The molecule has 0 aliphatic rings. The van der Waals surface area contributed by atoms with Crippen molar-refractivity contribution < 1.29 is 18.5 Å². The van der Waals surface area contributed by atoms with E-state index in [0.29, 0.717) is 33.9 Å². The SMILES string of the molecule is CCOC(=O)Cc1nc(-c2cc(C)no2)oc1-c1ccc(Cl)s1. The van der Waals surface area contributed by atoms with Crippen LogP contribution in [0.1, 0.15) is 18.3 Å². The summed E-state index contributed by atoms with van der Waals surface area (Å²) in [5.74, 6) is 0.787. The number of thiophene rings is 1. The third-order valence-electron chi connectivity index (χ3n) is 2.95. The molecule has 0 saturated carbocycles. The van der Waals surface area contributed by atoms with Crippen molar-refractivity contribution in [2.75, 3.05) is 6.61 Å². The van der Waals surface area contributed by atoms with Gasteiger partial charge in [0, 0.05) is 6.07 Å². The summed E-state index contributed by atoms with van der Waals surface area (Å²) in [5.41, 5.74) is 1.19. The third-order valence-corrected chi connectivity index (χ3v) is 4.18. The summed E-state index contributed by atoms with van der Waals surface area (Å²) in [7, 11) is 0. The molecule has 0 saturated heterocycles. The molecule has 0 unspecified atom stereocenters. The zero-order valence-corrected chi connectivity index (χ0v) is 14.0. The number of hydrogen-bond acceptors (Lipinski definition) is 7. The van der Waals surface area contributed by atoms with Crippen LogP contribution in [0.4, 0.5) is 0 Å². The first-order valence-electron chi connectivity index (χ1n) is 6.91. The van der Waals surface area contributed by atoms with Crippen molar-refractivity contribution >= 4 is 28.9 Å². The summed E-state index contributed by atoms with van der Waals surface area (Å²) in [5, 5.41) is 3.81. The Morgan fingerprint density at radius 3 is 2.87 bits per heavy atom. The summed E-state index contributed by atoms with van der Waals surface area (Å²) >= 11 is 7.32. The zero-order chi connectivity index (χ0) is 16.4. The lowest BCUT2D eigenvalue weighted by molar-refractivity contribution is -0.142. The van der Waals surface area contributed by atoms with Crippen LogP contribution in [-0.2, 0) is 16.0 Å². The Bertz CT molecular complexity index is 836. The van der Waals surface area contributed by atoms with Crippen LogP contribution in [0, 0.1) is 6.92 Å². The number of ether oxygens (including phenoxy) is 1. The predicted octanol–water partition coefficient (Wildman–Crippen LogP) is 4.13. The van der Waals surface area contributed by atoms with Crippen LogP contribution in [0.15, 0.2) is 27.1 Å². The summed E-state index contributed by atoms with van der Waals surface area (Å²) < 4.78 is 16.6. The molecule has 0 radical (unpaired) electrons. The molecular weight excluding hydrogens is 340 g/mol. The van der Waals surface area contributed by atoms with E-state index in [1.54, 1.807) is 26.0 Å². The van der Waals surface area contributed by atoms with Gasteiger partial charge in [0.05, 0.1) is 33.6 Å². The molecule has 3 heterocycles. The number of esters is 1. The Morgan fingerprint density at radius 2 is 2.26 bits per heavy atom. The molecule has 0 atom stereocenters. The summed E-state index contributed by atoms with van der Waals surface area (Å²) in [6.45, 7) is 3.86. The molecule has 0 aromatic carbocycles. The average molecular weight is 353 g/mol. The van der Waals surface area contributed by atoms with Gasteiger partial charge in [-0.3, -0.25) is 4.79 Å². The lowest BCUT2D eigenvalue weighted by Crippen LogP contribution is -2.08. The minimum Gasteiger partial charge on any atom is -0.466 e. The monoisotopic (exact) mass is 352 g/mol. The highest BCUT2D eigenvalue weighted by Crippen LogP contribution is 2.36. The van der Waals surface area contributed by atoms with Crippen LogP contribution in [-0.4, -0.2) is 22.7 Å². The maximum Gasteiger partial charge on any atom is 0.312 e. The van der Waals surface area contributed by atoms with E-state index in [4.69, 9.17) is 25.3 Å². The van der Waals surface area contributed by atoms with Gasteiger partial charge in [-0.2, -0.15) is 0 Å². The van der Waals surface area contributed by atoms with Crippen LogP contribution in [0.5, 0.6) is 0 Å². The van der Waals surface area contributed by atoms with Gasteiger partial charge in [-0.15, -0.1) is 11.3 Å². The van der Waals surface area contributed by atoms with E-state index in [1.165, 1.54) is 11.3 Å². The van der Waals surface area contributed by atoms with Gasteiger partial charge in [-0.25, -0.2) is 4.98 Å². The van der Waals surface area contributed by atoms with Gasteiger partial charge in [0.25, 0.3) is 5.89 Å². The quantitative estimate of drug-likeness (QED) is 0.642. The maximum absolute atomic E-state index is 11.8. The minimum atomic E-state index is -0.370. The fourth-order valence-corrected chi connectivity index (χ4v) is 3.07. The Labute approximate surface area is 141 Å². The lowest BCUT2D eigenvalue weighted by atomic mass is 10.2. The number of halogens is 1. The third kappa shape index (κ3) is 3.46. The molecule has 0 aliphatic carbocycles. The molecule has 0 amide bonds. The van der Waals surface area contributed by atoms with Crippen molar-refractivity contribution in [2.45, 2.75) is 20.3 Å². The lowest BCUT2D eigenvalue weighted by Gasteiger charge is -1.99. The van der Waals surface area contributed by atoms with Crippen molar-refractivity contribution in [1.82, 2.24) is 10.1 Å². The highest BCUT2D eigenvalue weighted by atomic mass is 35.5. The van der Waals surface area contributed by atoms with Crippen LogP contribution in [0.3, 0.4) is 0 Å². The number of nitrogens with zero attached hydrogens (tertiary/aromatic N) is 2. The molecule has 6 nitrogen and oxygen atoms in total. The number of rotatable bonds is 5. The van der Waals surface area contributed by atoms with Crippen LogP contribution < -0.4 is 0 Å². The largest absolute Gasteiger partial charge is 0.466 e. The van der Waals surface area contributed by atoms with Crippen molar-refractivity contribution in [3.05, 3.63) is 33.9 Å². The second-order valence-electron chi connectivity index (χ2n) is 4.71. The van der Waals surface area contributed by atoms with Crippen molar-refractivity contribution in [3.8, 4) is 22.3 Å². The van der Waals surface area contributed by atoms with Gasteiger partial charge >= 0.3 is 5.97 Å². The Morgan fingerprint density at radius 1 is 1.43 bits per heavy atom. The van der Waals surface area contributed by atoms with Crippen molar-refractivity contribution in [3.63, 3.8) is 0 Å². The van der Waals surface area contributed by atoms with Crippen LogP contribution >= 0.6 is 22.9 Å². The number of aryl methyl sites for hydroxylation is 1. The Balaban J connectivity index is 2.01. The topological polar surface area (TPSA) is 78.4 Å². The zero-order valence-electron chi connectivity index (χ0n) is 12.5. The van der Waals surface area contributed by atoms with E-state index in [-0.39, 0.29) is 18.3 Å². The normalized spacial score (nSPS) is 10.9. The standard InChI is InChI=1S/C15H13ClN2O4S/c1-3-20-13(19)7-9-14(11-4-5-12(16)23-11)21-15(17-9)10-6-8(2)18-22-10/h4-6H,3,7H2,1-2H3. The van der Waals surface area contributed by atoms with Gasteiger partial charge in [-0.05, 0) is 26.0 Å². The molecule has 3 aromatic heterocycles. The fourth-order valence-electron chi connectivity index (χ4n) is 2.02. The first kappa shape index (κ1) is 15.8. The van der Waals surface area contributed by atoms with Gasteiger partial charge in [0.15, 0.2) is 5.76 Å². The van der Waals surface area contributed by atoms with E-state index < -0.39 is 0 Å². The maximum atomic E-state index is 11.8. The van der Waals surface area contributed by atoms with Crippen molar-refractivity contribution in [2.24, 2.45) is 0 Å².